The van der Waals surface area contributed by atoms with Crippen LogP contribution >= 0.6 is 0 Å². The van der Waals surface area contributed by atoms with Crippen molar-refractivity contribution in [3.63, 3.8) is 0 Å². The van der Waals surface area contributed by atoms with E-state index in [0.29, 0.717) is 11.5 Å². The molecule has 0 radical (unpaired) electrons. The zero-order valence-electron chi connectivity index (χ0n) is 13.0. The summed E-state index contributed by atoms with van der Waals surface area (Å²) in [5.74, 6) is 0.900. The molecule has 21 heavy (non-hydrogen) atoms. The lowest BCUT2D eigenvalue weighted by Crippen LogP contribution is -2.27. The fourth-order valence-corrected chi connectivity index (χ4v) is 2.78. The minimum Gasteiger partial charge on any atom is -0.497 e. The number of rotatable bonds is 5. The van der Waals surface area contributed by atoms with Gasteiger partial charge >= 0.3 is 0 Å². The molecule has 1 N–H and O–H groups in total. The number of nitrogens with one attached hydrogen (secondary N) is 1. The van der Waals surface area contributed by atoms with Crippen molar-refractivity contribution >= 4 is 0 Å². The Morgan fingerprint density at radius 2 is 1.57 bits per heavy atom. The van der Waals surface area contributed by atoms with Gasteiger partial charge in [-0.25, -0.2) is 0 Å². The van der Waals surface area contributed by atoms with Crippen LogP contribution in [0.25, 0.3) is 0 Å². The molecule has 1 aliphatic rings. The monoisotopic (exact) mass is 281 g/mol. The van der Waals surface area contributed by atoms with E-state index in [4.69, 9.17) is 4.74 Å². The van der Waals surface area contributed by atoms with Crippen LogP contribution in [0.5, 0.6) is 5.75 Å². The molecule has 2 atom stereocenters. The minimum atomic E-state index is 0.240. The van der Waals surface area contributed by atoms with Gasteiger partial charge < -0.3 is 10.1 Å². The summed E-state index contributed by atoms with van der Waals surface area (Å²) in [6.45, 7) is 4.64. The average molecular weight is 281 g/mol. The maximum atomic E-state index is 5.26. The minimum absolute atomic E-state index is 0.240. The molecule has 2 aromatic carbocycles. The van der Waals surface area contributed by atoms with Crippen molar-refractivity contribution in [2.45, 2.75) is 32.4 Å². The normalized spacial score (nSPS) is 20.8. The highest BCUT2D eigenvalue weighted by molar-refractivity contribution is 5.36. The van der Waals surface area contributed by atoms with Gasteiger partial charge in [-0.1, -0.05) is 56.3 Å². The van der Waals surface area contributed by atoms with Crippen LogP contribution in [0.4, 0.5) is 0 Å². The van der Waals surface area contributed by atoms with E-state index in [1.165, 1.54) is 17.5 Å². The van der Waals surface area contributed by atoms with Crippen LogP contribution in [0.3, 0.4) is 0 Å². The Labute approximate surface area is 127 Å². The van der Waals surface area contributed by atoms with E-state index in [0.717, 1.165) is 5.75 Å². The van der Waals surface area contributed by atoms with Gasteiger partial charge in [0.1, 0.15) is 5.75 Å². The Morgan fingerprint density at radius 1 is 1.00 bits per heavy atom. The van der Waals surface area contributed by atoms with Gasteiger partial charge in [0.25, 0.3) is 0 Å². The maximum Gasteiger partial charge on any atom is 0.118 e. The summed E-state index contributed by atoms with van der Waals surface area (Å²) in [5.41, 5.74) is 3.01. The average Bonchev–Trinajstić information content (AvgIpc) is 3.13. The molecule has 0 bridgehead atoms. The lowest BCUT2D eigenvalue weighted by atomic mass is 9.98. The summed E-state index contributed by atoms with van der Waals surface area (Å²) in [4.78, 5) is 0. The molecule has 0 saturated heterocycles. The molecule has 1 fully saturated rings. The van der Waals surface area contributed by atoms with E-state index in [2.05, 4.69) is 61.6 Å². The molecule has 1 aliphatic carbocycles. The molecule has 2 heteroatoms. The second-order valence-corrected chi connectivity index (χ2v) is 6.53. The fraction of sp³-hybridized carbons (Fsp3) is 0.368. The summed E-state index contributed by atoms with van der Waals surface area (Å²) in [5, 5.41) is 3.81. The first-order valence-electron chi connectivity index (χ1n) is 7.55. The van der Waals surface area contributed by atoms with Crippen molar-refractivity contribution in [2.24, 2.45) is 5.41 Å². The van der Waals surface area contributed by atoms with Crippen molar-refractivity contribution in [1.82, 2.24) is 5.32 Å². The second-order valence-electron chi connectivity index (χ2n) is 6.53. The largest absolute Gasteiger partial charge is 0.497 e. The van der Waals surface area contributed by atoms with Crippen molar-refractivity contribution in [1.29, 1.82) is 0 Å². The summed E-state index contributed by atoms with van der Waals surface area (Å²) in [7, 11) is 1.70. The molecule has 2 aromatic rings. The number of hydrogen-bond donors (Lipinski definition) is 1. The van der Waals surface area contributed by atoms with E-state index in [1.54, 1.807) is 7.11 Å². The summed E-state index contributed by atoms with van der Waals surface area (Å²) in [6, 6.07) is 19.9. The standard InChI is InChI=1S/C19H23NO/c1-19(2)13-17(19)20-18(14-7-5-4-6-8-14)15-9-11-16(21-3)12-10-15/h4-12,17-18,20H,13H2,1-3H3. The molecule has 0 aromatic heterocycles. The van der Waals surface area contributed by atoms with Crippen LogP contribution in [0.15, 0.2) is 54.6 Å². The topological polar surface area (TPSA) is 21.3 Å². The molecule has 0 spiro atoms. The molecule has 3 rings (SSSR count). The van der Waals surface area contributed by atoms with Gasteiger partial charge in [-0.05, 0) is 35.1 Å². The van der Waals surface area contributed by atoms with E-state index in [-0.39, 0.29) is 6.04 Å². The summed E-state index contributed by atoms with van der Waals surface area (Å²) >= 11 is 0. The molecule has 0 aliphatic heterocycles. The van der Waals surface area contributed by atoms with Crippen LogP contribution in [-0.4, -0.2) is 13.2 Å². The third-order valence-corrected chi connectivity index (χ3v) is 4.46. The Hall–Kier alpha value is -1.80. The number of benzene rings is 2. The first-order valence-corrected chi connectivity index (χ1v) is 7.55. The predicted molar refractivity (Wildman–Crippen MR) is 86.6 cm³/mol. The molecule has 110 valence electrons. The zero-order chi connectivity index (χ0) is 14.9. The van der Waals surface area contributed by atoms with E-state index in [1.807, 2.05) is 12.1 Å². The first kappa shape index (κ1) is 14.2. The first-order chi connectivity index (χ1) is 10.1. The highest BCUT2D eigenvalue weighted by atomic mass is 16.5. The molecule has 2 unspecified atom stereocenters. The smallest absolute Gasteiger partial charge is 0.118 e. The summed E-state index contributed by atoms with van der Waals surface area (Å²) in [6.07, 6.45) is 1.24. The van der Waals surface area contributed by atoms with Gasteiger partial charge in [-0.3, -0.25) is 0 Å². The van der Waals surface area contributed by atoms with E-state index >= 15 is 0 Å². The quantitative estimate of drug-likeness (QED) is 0.888. The maximum absolute atomic E-state index is 5.26. The Kier molecular flexibility index (Phi) is 3.73. The predicted octanol–water partition coefficient (Wildman–Crippen LogP) is 4.17. The molecular weight excluding hydrogens is 258 g/mol. The number of ether oxygens (including phenoxy) is 1. The Balaban J connectivity index is 1.88. The molecule has 1 saturated carbocycles. The Morgan fingerprint density at radius 3 is 2.10 bits per heavy atom. The summed E-state index contributed by atoms with van der Waals surface area (Å²) < 4.78 is 5.26. The fourth-order valence-electron chi connectivity index (χ4n) is 2.78. The van der Waals surface area contributed by atoms with Gasteiger partial charge in [0, 0.05) is 6.04 Å². The molecular formula is C19H23NO. The number of methoxy groups -OCH3 is 1. The van der Waals surface area contributed by atoms with Gasteiger partial charge in [0.2, 0.25) is 0 Å². The lowest BCUT2D eigenvalue weighted by Gasteiger charge is -2.21. The van der Waals surface area contributed by atoms with Gasteiger partial charge in [0.15, 0.2) is 0 Å². The van der Waals surface area contributed by atoms with Crippen LogP contribution in [0.1, 0.15) is 37.4 Å². The zero-order valence-corrected chi connectivity index (χ0v) is 13.0. The van der Waals surface area contributed by atoms with E-state index < -0.39 is 0 Å². The highest BCUT2D eigenvalue weighted by Crippen LogP contribution is 2.46. The van der Waals surface area contributed by atoms with Crippen LogP contribution in [0, 0.1) is 5.41 Å². The van der Waals surface area contributed by atoms with E-state index in [9.17, 15) is 0 Å². The van der Waals surface area contributed by atoms with Crippen LogP contribution in [-0.2, 0) is 0 Å². The second kappa shape index (κ2) is 5.53. The third-order valence-electron chi connectivity index (χ3n) is 4.46. The van der Waals surface area contributed by atoms with Crippen molar-refractivity contribution < 1.29 is 4.74 Å². The molecule has 2 nitrogen and oxygen atoms in total. The van der Waals surface area contributed by atoms with Crippen LogP contribution in [0.2, 0.25) is 0 Å². The van der Waals surface area contributed by atoms with Crippen LogP contribution < -0.4 is 10.1 Å². The van der Waals surface area contributed by atoms with Crippen molar-refractivity contribution in [3.8, 4) is 5.75 Å². The SMILES string of the molecule is COc1ccc(C(NC2CC2(C)C)c2ccccc2)cc1. The van der Waals surface area contributed by atoms with Crippen molar-refractivity contribution in [3.05, 3.63) is 65.7 Å². The van der Waals surface area contributed by atoms with Gasteiger partial charge in [0.05, 0.1) is 13.2 Å². The number of hydrogen-bond acceptors (Lipinski definition) is 2. The van der Waals surface area contributed by atoms with Gasteiger partial charge in [-0.15, -0.1) is 0 Å². The third kappa shape index (κ3) is 3.11. The highest BCUT2D eigenvalue weighted by Gasteiger charge is 2.46. The molecule has 0 heterocycles. The molecule has 0 amide bonds. The Bertz CT molecular complexity index is 589. The van der Waals surface area contributed by atoms with Crippen molar-refractivity contribution in [2.75, 3.05) is 7.11 Å². The lowest BCUT2D eigenvalue weighted by molar-refractivity contribution is 0.414. The van der Waals surface area contributed by atoms with Gasteiger partial charge in [-0.2, -0.15) is 0 Å².